The van der Waals surface area contributed by atoms with Crippen molar-refractivity contribution in [3.05, 3.63) is 11.3 Å². The molecule has 12 heavy (non-hydrogen) atoms. The second kappa shape index (κ2) is 4.80. The minimum Gasteiger partial charge on any atom is -0.466 e. The van der Waals surface area contributed by atoms with Gasteiger partial charge in [0.15, 0.2) is 0 Å². The fourth-order valence-corrected chi connectivity index (χ4v) is 1.19. The van der Waals surface area contributed by atoms with Crippen LogP contribution in [0.2, 0.25) is 0 Å². The van der Waals surface area contributed by atoms with Gasteiger partial charge in [0.05, 0.1) is 12.7 Å². The lowest BCUT2D eigenvalue weighted by Crippen LogP contribution is -2.16. The number of carbonyl (C=O) groups is 1. The monoisotopic (exact) mass is 171 g/mol. The van der Waals surface area contributed by atoms with E-state index in [1.165, 1.54) is 7.11 Å². The topological polar surface area (TPSA) is 29.5 Å². The molecule has 0 saturated carbocycles. The van der Waals surface area contributed by atoms with Gasteiger partial charge < -0.3 is 9.64 Å². The summed E-state index contributed by atoms with van der Waals surface area (Å²) in [4.78, 5) is 13.0. The van der Waals surface area contributed by atoms with Crippen LogP contribution in [0.4, 0.5) is 0 Å². The molecule has 0 aromatic rings. The second-order valence-corrected chi connectivity index (χ2v) is 2.81. The van der Waals surface area contributed by atoms with E-state index in [9.17, 15) is 4.79 Å². The van der Waals surface area contributed by atoms with E-state index < -0.39 is 0 Å². The molecule has 0 aliphatic carbocycles. The molecule has 0 bridgehead atoms. The SMILES string of the molecule is CCC(=C(C)C(=O)OC)N(C)C. The summed E-state index contributed by atoms with van der Waals surface area (Å²) >= 11 is 0. The summed E-state index contributed by atoms with van der Waals surface area (Å²) in [6, 6.07) is 0. The van der Waals surface area contributed by atoms with Crippen molar-refractivity contribution in [1.29, 1.82) is 0 Å². The molecular weight excluding hydrogens is 154 g/mol. The van der Waals surface area contributed by atoms with E-state index in [-0.39, 0.29) is 5.97 Å². The molecular formula is C9H17NO2. The first-order valence-corrected chi connectivity index (χ1v) is 4.00. The van der Waals surface area contributed by atoms with E-state index in [0.29, 0.717) is 5.57 Å². The molecule has 0 atom stereocenters. The Morgan fingerprint density at radius 3 is 2.17 bits per heavy atom. The van der Waals surface area contributed by atoms with Crippen LogP contribution in [0.3, 0.4) is 0 Å². The molecule has 0 radical (unpaired) electrons. The smallest absolute Gasteiger partial charge is 0.335 e. The number of ether oxygens (including phenoxy) is 1. The van der Waals surface area contributed by atoms with E-state index in [1.54, 1.807) is 6.92 Å². The number of carbonyl (C=O) groups excluding carboxylic acids is 1. The largest absolute Gasteiger partial charge is 0.466 e. The zero-order valence-electron chi connectivity index (χ0n) is 8.47. The lowest BCUT2D eigenvalue weighted by Gasteiger charge is -2.17. The zero-order chi connectivity index (χ0) is 9.72. The maximum Gasteiger partial charge on any atom is 0.335 e. The highest BCUT2D eigenvalue weighted by atomic mass is 16.5. The van der Waals surface area contributed by atoms with Crippen LogP contribution in [0.25, 0.3) is 0 Å². The predicted molar refractivity (Wildman–Crippen MR) is 48.7 cm³/mol. The van der Waals surface area contributed by atoms with Crippen LogP contribution in [-0.4, -0.2) is 32.1 Å². The predicted octanol–water partition coefficient (Wildman–Crippen LogP) is 1.41. The minimum atomic E-state index is -0.249. The van der Waals surface area contributed by atoms with Crippen molar-refractivity contribution in [2.24, 2.45) is 0 Å². The van der Waals surface area contributed by atoms with Crippen LogP contribution < -0.4 is 0 Å². The van der Waals surface area contributed by atoms with Gasteiger partial charge in [0.2, 0.25) is 0 Å². The molecule has 0 saturated heterocycles. The molecule has 3 nitrogen and oxygen atoms in total. The van der Waals surface area contributed by atoms with Gasteiger partial charge in [-0.15, -0.1) is 0 Å². The Balaban J connectivity index is 4.71. The van der Waals surface area contributed by atoms with Gasteiger partial charge in [0, 0.05) is 19.8 Å². The quantitative estimate of drug-likeness (QED) is 0.475. The highest BCUT2D eigenvalue weighted by Gasteiger charge is 2.10. The number of hydrogen-bond acceptors (Lipinski definition) is 3. The standard InChI is InChI=1S/C9H17NO2/c1-6-8(10(3)4)7(2)9(11)12-5/h6H2,1-5H3. The molecule has 0 N–H and O–H groups in total. The molecule has 0 aromatic carbocycles. The van der Waals surface area contributed by atoms with Crippen LogP contribution in [0, 0.1) is 0 Å². The second-order valence-electron chi connectivity index (χ2n) is 2.81. The molecule has 0 spiro atoms. The van der Waals surface area contributed by atoms with Crippen LogP contribution in [0.15, 0.2) is 11.3 Å². The number of nitrogens with zero attached hydrogens (tertiary/aromatic N) is 1. The van der Waals surface area contributed by atoms with Crippen molar-refractivity contribution in [3.8, 4) is 0 Å². The zero-order valence-corrected chi connectivity index (χ0v) is 8.47. The highest BCUT2D eigenvalue weighted by Crippen LogP contribution is 2.11. The summed E-state index contributed by atoms with van der Waals surface area (Å²) in [6.45, 7) is 3.80. The van der Waals surface area contributed by atoms with Crippen LogP contribution >= 0.6 is 0 Å². The van der Waals surface area contributed by atoms with E-state index in [1.807, 2.05) is 25.9 Å². The normalized spacial score (nSPS) is 12.1. The number of hydrogen-bond donors (Lipinski definition) is 0. The number of rotatable bonds is 3. The van der Waals surface area contributed by atoms with Crippen LogP contribution in [-0.2, 0) is 9.53 Å². The average molecular weight is 171 g/mol. The molecule has 0 amide bonds. The average Bonchev–Trinajstić information content (AvgIpc) is 2.03. The van der Waals surface area contributed by atoms with Crippen molar-refractivity contribution in [1.82, 2.24) is 4.90 Å². The van der Waals surface area contributed by atoms with Gasteiger partial charge in [0.25, 0.3) is 0 Å². The summed E-state index contributed by atoms with van der Waals surface area (Å²) < 4.78 is 4.62. The summed E-state index contributed by atoms with van der Waals surface area (Å²) in [5.74, 6) is -0.249. The molecule has 3 heteroatoms. The number of methoxy groups -OCH3 is 1. The highest BCUT2D eigenvalue weighted by molar-refractivity contribution is 5.88. The molecule has 0 rings (SSSR count). The van der Waals surface area contributed by atoms with Gasteiger partial charge in [-0.2, -0.15) is 0 Å². The molecule has 0 heterocycles. The van der Waals surface area contributed by atoms with Crippen molar-refractivity contribution in [2.45, 2.75) is 20.3 Å². The van der Waals surface area contributed by atoms with E-state index in [0.717, 1.165) is 12.1 Å². The maximum absolute atomic E-state index is 11.1. The van der Waals surface area contributed by atoms with E-state index in [4.69, 9.17) is 0 Å². The molecule has 0 unspecified atom stereocenters. The summed E-state index contributed by atoms with van der Waals surface area (Å²) in [5.41, 5.74) is 1.70. The first-order valence-electron chi connectivity index (χ1n) is 4.00. The first kappa shape index (κ1) is 11.0. The van der Waals surface area contributed by atoms with Crippen molar-refractivity contribution >= 4 is 5.97 Å². The summed E-state index contributed by atoms with van der Waals surface area (Å²) in [5, 5.41) is 0. The van der Waals surface area contributed by atoms with Crippen LogP contribution in [0.5, 0.6) is 0 Å². The van der Waals surface area contributed by atoms with Gasteiger partial charge in [-0.3, -0.25) is 0 Å². The van der Waals surface area contributed by atoms with Crippen molar-refractivity contribution in [3.63, 3.8) is 0 Å². The maximum atomic E-state index is 11.1. The molecule has 70 valence electrons. The van der Waals surface area contributed by atoms with Gasteiger partial charge in [0.1, 0.15) is 0 Å². The Labute approximate surface area is 74.0 Å². The fraction of sp³-hybridized carbons (Fsp3) is 0.667. The Morgan fingerprint density at radius 2 is 1.92 bits per heavy atom. The lowest BCUT2D eigenvalue weighted by atomic mass is 10.2. The molecule has 0 aliphatic heterocycles. The molecule has 0 aromatic heterocycles. The van der Waals surface area contributed by atoms with Crippen LogP contribution in [0.1, 0.15) is 20.3 Å². The minimum absolute atomic E-state index is 0.249. The van der Waals surface area contributed by atoms with Gasteiger partial charge in [-0.25, -0.2) is 4.79 Å². The number of esters is 1. The summed E-state index contributed by atoms with van der Waals surface area (Å²) in [7, 11) is 5.24. The Kier molecular flexibility index (Phi) is 4.40. The third kappa shape index (κ3) is 2.57. The first-order chi connectivity index (χ1) is 5.54. The van der Waals surface area contributed by atoms with Gasteiger partial charge in [-0.1, -0.05) is 6.92 Å². The summed E-state index contributed by atoms with van der Waals surface area (Å²) in [6.07, 6.45) is 0.841. The Hall–Kier alpha value is -0.990. The Morgan fingerprint density at radius 1 is 1.42 bits per heavy atom. The van der Waals surface area contributed by atoms with Crippen molar-refractivity contribution < 1.29 is 9.53 Å². The Bertz CT molecular complexity index is 195. The third-order valence-corrected chi connectivity index (χ3v) is 1.80. The molecule has 0 fully saturated rings. The lowest BCUT2D eigenvalue weighted by molar-refractivity contribution is -0.136. The molecule has 0 aliphatic rings. The fourth-order valence-electron chi connectivity index (χ4n) is 1.19. The van der Waals surface area contributed by atoms with Crippen molar-refractivity contribution in [2.75, 3.05) is 21.2 Å². The van der Waals surface area contributed by atoms with Gasteiger partial charge in [-0.05, 0) is 13.3 Å². The van der Waals surface area contributed by atoms with Gasteiger partial charge >= 0.3 is 5.97 Å². The van der Waals surface area contributed by atoms with E-state index >= 15 is 0 Å². The third-order valence-electron chi connectivity index (χ3n) is 1.80. The number of allylic oxidation sites excluding steroid dienone is 1. The van der Waals surface area contributed by atoms with E-state index in [2.05, 4.69) is 4.74 Å².